The minimum absolute atomic E-state index is 0.151. The summed E-state index contributed by atoms with van der Waals surface area (Å²) in [6, 6.07) is -0.411. The maximum Gasteiger partial charge on any atom is 0.330 e. The summed E-state index contributed by atoms with van der Waals surface area (Å²) in [5.74, 6) is 0. The molecule has 0 aliphatic carbocycles. The van der Waals surface area contributed by atoms with E-state index in [1.807, 2.05) is 0 Å². The minimum Gasteiger partial charge on any atom is -0.329 e. The van der Waals surface area contributed by atoms with E-state index in [0.29, 0.717) is 13.1 Å². The third kappa shape index (κ3) is 2.67. The minimum atomic E-state index is -4.00. The van der Waals surface area contributed by atoms with Gasteiger partial charge < -0.3 is 15.6 Å². The lowest BCUT2D eigenvalue weighted by molar-refractivity contribution is 0.272. The van der Waals surface area contributed by atoms with Crippen LogP contribution in [0.2, 0.25) is 0 Å². The summed E-state index contributed by atoms with van der Waals surface area (Å²) >= 11 is 0. The Morgan fingerprint density at radius 3 is 2.67 bits per heavy atom. The molecule has 1 unspecified atom stereocenters. The average molecular weight is 317 g/mol. The molecule has 0 radical (unpaired) electrons. The van der Waals surface area contributed by atoms with Crippen LogP contribution in [0, 0.1) is 0 Å². The summed E-state index contributed by atoms with van der Waals surface area (Å²) in [6.07, 6.45) is 1.07. The predicted octanol–water partition coefficient (Wildman–Crippen LogP) is -2.99. The summed E-state index contributed by atoms with van der Waals surface area (Å²) in [4.78, 5) is 23.4. The van der Waals surface area contributed by atoms with Gasteiger partial charge in [0.1, 0.15) is 0 Å². The molecular weight excluding hydrogens is 298 g/mol. The van der Waals surface area contributed by atoms with Gasteiger partial charge in [0, 0.05) is 52.5 Å². The van der Waals surface area contributed by atoms with Gasteiger partial charge in [-0.05, 0) is 0 Å². The first-order chi connectivity index (χ1) is 9.80. The number of rotatable bonds is 3. The van der Waals surface area contributed by atoms with Crippen LogP contribution in [0.4, 0.5) is 0 Å². The second-order valence-electron chi connectivity index (χ2n) is 4.96. The molecule has 2 rings (SSSR count). The summed E-state index contributed by atoms with van der Waals surface area (Å²) in [5, 5.41) is 3.06. The van der Waals surface area contributed by atoms with Crippen molar-refractivity contribution in [1.29, 1.82) is 0 Å². The highest BCUT2D eigenvalue weighted by molar-refractivity contribution is 7.89. The number of sulfonamides is 1. The Hall–Kier alpha value is -1.49. The molecule has 1 atom stereocenters. The lowest BCUT2D eigenvalue weighted by Crippen LogP contribution is -2.57. The van der Waals surface area contributed by atoms with E-state index in [1.165, 1.54) is 18.4 Å². The zero-order valence-electron chi connectivity index (χ0n) is 11.9. The second-order valence-corrected chi connectivity index (χ2v) is 6.82. The molecular formula is C11H19N5O4S. The van der Waals surface area contributed by atoms with Gasteiger partial charge in [-0.1, -0.05) is 0 Å². The van der Waals surface area contributed by atoms with E-state index in [4.69, 9.17) is 5.73 Å². The monoisotopic (exact) mass is 317 g/mol. The third-order valence-corrected chi connectivity index (χ3v) is 5.50. The molecule has 1 aliphatic rings. The van der Waals surface area contributed by atoms with Crippen molar-refractivity contribution in [1.82, 2.24) is 18.8 Å². The fraction of sp³-hybridized carbons (Fsp3) is 0.636. The predicted molar refractivity (Wildman–Crippen MR) is 76.5 cm³/mol. The smallest absolute Gasteiger partial charge is 0.329 e. The normalized spacial score (nSPS) is 20.6. The van der Waals surface area contributed by atoms with Gasteiger partial charge in [0.2, 0.25) is 10.0 Å². The van der Waals surface area contributed by atoms with Crippen LogP contribution in [0.1, 0.15) is 0 Å². The SMILES string of the molecule is Cn1cc(S(=O)(=O)N2CCNCC2CN)c(=O)n(C)c1=O. The van der Waals surface area contributed by atoms with Gasteiger partial charge in [0.05, 0.1) is 0 Å². The Bertz CT molecular complexity index is 751. The van der Waals surface area contributed by atoms with Gasteiger partial charge in [-0.2, -0.15) is 4.31 Å². The van der Waals surface area contributed by atoms with Crippen LogP contribution in [-0.2, 0) is 24.1 Å². The van der Waals surface area contributed by atoms with Crippen molar-refractivity contribution in [3.8, 4) is 0 Å². The molecule has 1 aromatic rings. The first-order valence-corrected chi connectivity index (χ1v) is 7.94. The highest BCUT2D eigenvalue weighted by atomic mass is 32.2. The van der Waals surface area contributed by atoms with Gasteiger partial charge >= 0.3 is 5.69 Å². The molecule has 9 nitrogen and oxygen atoms in total. The van der Waals surface area contributed by atoms with Gasteiger partial charge in [-0.15, -0.1) is 0 Å². The van der Waals surface area contributed by atoms with Gasteiger partial charge in [-0.25, -0.2) is 13.2 Å². The van der Waals surface area contributed by atoms with E-state index < -0.39 is 32.2 Å². The lowest BCUT2D eigenvalue weighted by Gasteiger charge is -2.34. The van der Waals surface area contributed by atoms with Crippen LogP contribution in [-0.4, -0.2) is 54.1 Å². The Morgan fingerprint density at radius 1 is 1.38 bits per heavy atom. The Balaban J connectivity index is 2.59. The number of nitrogens with two attached hydrogens (primary N) is 1. The highest BCUT2D eigenvalue weighted by Gasteiger charge is 2.35. The van der Waals surface area contributed by atoms with E-state index in [1.54, 1.807) is 0 Å². The molecule has 2 heterocycles. The lowest BCUT2D eigenvalue weighted by atomic mass is 10.2. The van der Waals surface area contributed by atoms with Gasteiger partial charge in [-0.3, -0.25) is 9.36 Å². The molecule has 1 fully saturated rings. The number of piperazine rings is 1. The van der Waals surface area contributed by atoms with E-state index in [2.05, 4.69) is 5.32 Å². The molecule has 21 heavy (non-hydrogen) atoms. The molecule has 0 aromatic carbocycles. The molecule has 1 aliphatic heterocycles. The summed E-state index contributed by atoms with van der Waals surface area (Å²) in [6.45, 7) is 1.30. The maximum atomic E-state index is 12.7. The molecule has 118 valence electrons. The molecule has 0 bridgehead atoms. The second kappa shape index (κ2) is 5.72. The number of aryl methyl sites for hydroxylation is 1. The van der Waals surface area contributed by atoms with Crippen LogP contribution >= 0.6 is 0 Å². The number of nitrogens with one attached hydrogen (secondary N) is 1. The Labute approximate surface area is 122 Å². The van der Waals surface area contributed by atoms with Crippen molar-refractivity contribution in [2.45, 2.75) is 10.9 Å². The molecule has 1 aromatic heterocycles. The fourth-order valence-electron chi connectivity index (χ4n) is 2.34. The van der Waals surface area contributed by atoms with Crippen molar-refractivity contribution in [3.63, 3.8) is 0 Å². The van der Waals surface area contributed by atoms with Crippen molar-refractivity contribution in [2.75, 3.05) is 26.2 Å². The van der Waals surface area contributed by atoms with Crippen molar-refractivity contribution >= 4 is 10.0 Å². The van der Waals surface area contributed by atoms with Gasteiger partial charge in [0.15, 0.2) is 4.90 Å². The molecule has 10 heteroatoms. The zero-order chi connectivity index (χ0) is 15.8. The van der Waals surface area contributed by atoms with Gasteiger partial charge in [0.25, 0.3) is 5.56 Å². The van der Waals surface area contributed by atoms with Crippen LogP contribution in [0.3, 0.4) is 0 Å². The molecule has 1 saturated heterocycles. The first kappa shape index (κ1) is 15.9. The van der Waals surface area contributed by atoms with Crippen molar-refractivity contribution in [3.05, 3.63) is 27.0 Å². The first-order valence-electron chi connectivity index (χ1n) is 6.50. The third-order valence-electron chi connectivity index (χ3n) is 3.57. The zero-order valence-corrected chi connectivity index (χ0v) is 12.8. The maximum absolute atomic E-state index is 12.7. The van der Waals surface area contributed by atoms with Crippen LogP contribution in [0.5, 0.6) is 0 Å². The van der Waals surface area contributed by atoms with Crippen LogP contribution in [0.25, 0.3) is 0 Å². The van der Waals surface area contributed by atoms with Crippen molar-refractivity contribution in [2.24, 2.45) is 19.8 Å². The number of aromatic nitrogens is 2. The molecule has 0 saturated carbocycles. The summed E-state index contributed by atoms with van der Waals surface area (Å²) in [7, 11) is -1.34. The summed E-state index contributed by atoms with van der Waals surface area (Å²) < 4.78 is 28.5. The topological polar surface area (TPSA) is 119 Å². The Kier molecular flexibility index (Phi) is 4.33. The summed E-state index contributed by atoms with van der Waals surface area (Å²) in [5.41, 5.74) is 4.20. The number of hydrogen-bond donors (Lipinski definition) is 2. The quantitative estimate of drug-likeness (QED) is 0.613. The van der Waals surface area contributed by atoms with E-state index >= 15 is 0 Å². The van der Waals surface area contributed by atoms with E-state index in [9.17, 15) is 18.0 Å². The average Bonchev–Trinajstić information content (AvgIpc) is 2.48. The Morgan fingerprint density at radius 2 is 2.05 bits per heavy atom. The van der Waals surface area contributed by atoms with E-state index in [0.717, 1.165) is 15.3 Å². The van der Waals surface area contributed by atoms with E-state index in [-0.39, 0.29) is 13.1 Å². The molecule has 0 spiro atoms. The van der Waals surface area contributed by atoms with Crippen LogP contribution in [0.15, 0.2) is 20.7 Å². The molecule has 0 amide bonds. The largest absolute Gasteiger partial charge is 0.330 e. The fourth-order valence-corrected chi connectivity index (χ4v) is 4.12. The molecule has 3 N–H and O–H groups in total. The standard InChI is InChI=1S/C11H19N5O4S/c1-14-7-9(10(17)15(2)11(14)18)21(19,20)16-4-3-13-6-8(16)5-12/h7-8,13H,3-6,12H2,1-2H3. The van der Waals surface area contributed by atoms with Crippen LogP contribution < -0.4 is 22.3 Å². The number of hydrogen-bond acceptors (Lipinski definition) is 6. The number of nitrogens with zero attached hydrogens (tertiary/aromatic N) is 3. The van der Waals surface area contributed by atoms with Crippen molar-refractivity contribution < 1.29 is 8.42 Å². The highest BCUT2D eigenvalue weighted by Crippen LogP contribution is 2.15.